The van der Waals surface area contributed by atoms with Crippen LogP contribution in [0.25, 0.3) is 0 Å². The second-order valence-electron chi connectivity index (χ2n) is 3.58. The number of nitrogens with one attached hydrogen (secondary N) is 1. The zero-order chi connectivity index (χ0) is 11.6. The van der Waals surface area contributed by atoms with Crippen LogP contribution in [0.2, 0.25) is 0 Å². The number of hydrogen-bond acceptors (Lipinski definition) is 3. The minimum Gasteiger partial charge on any atom is -0.266 e. The van der Waals surface area contributed by atoms with Gasteiger partial charge in [0.15, 0.2) is 0 Å². The first kappa shape index (κ1) is 12.9. The van der Waals surface area contributed by atoms with Crippen LogP contribution in [0.1, 0.15) is 48.7 Å². The summed E-state index contributed by atoms with van der Waals surface area (Å²) < 4.78 is 0. The van der Waals surface area contributed by atoms with Crippen LogP contribution in [-0.2, 0) is 0 Å². The lowest BCUT2D eigenvalue weighted by atomic mass is 10.2. The van der Waals surface area contributed by atoms with Crippen molar-refractivity contribution in [3.8, 4) is 0 Å². The number of carbonyl (C=O) groups excluding carboxylic acids is 1. The van der Waals surface area contributed by atoms with Crippen LogP contribution in [0.5, 0.6) is 0 Å². The van der Waals surface area contributed by atoms with Gasteiger partial charge in [-0.3, -0.25) is 4.79 Å². The molecule has 0 aliphatic carbocycles. The third kappa shape index (κ3) is 5.07. The van der Waals surface area contributed by atoms with Crippen LogP contribution in [0, 0.1) is 0 Å². The maximum atomic E-state index is 11.4. The number of rotatable bonds is 7. The summed E-state index contributed by atoms with van der Waals surface area (Å²) >= 11 is 1.42. The van der Waals surface area contributed by atoms with E-state index < -0.39 is 0 Å². The number of carbonyl (C=O) groups is 1. The SMILES string of the molecule is CCCCCC/C=N/NC(=O)c1cccs1. The summed E-state index contributed by atoms with van der Waals surface area (Å²) in [5.41, 5.74) is 2.52. The number of hydrazone groups is 1. The van der Waals surface area contributed by atoms with Crippen LogP contribution < -0.4 is 5.43 Å². The predicted octanol–water partition coefficient (Wildman–Crippen LogP) is 3.43. The molecule has 3 nitrogen and oxygen atoms in total. The molecule has 0 atom stereocenters. The summed E-state index contributed by atoms with van der Waals surface area (Å²) in [6.45, 7) is 2.19. The van der Waals surface area contributed by atoms with Crippen molar-refractivity contribution >= 4 is 23.5 Å². The van der Waals surface area contributed by atoms with E-state index in [9.17, 15) is 4.79 Å². The molecule has 16 heavy (non-hydrogen) atoms. The van der Waals surface area contributed by atoms with Gasteiger partial charge in [0.1, 0.15) is 0 Å². The summed E-state index contributed by atoms with van der Waals surface area (Å²) in [5.74, 6) is -0.125. The van der Waals surface area contributed by atoms with Gasteiger partial charge in [-0.25, -0.2) is 5.43 Å². The number of hydrogen-bond donors (Lipinski definition) is 1. The van der Waals surface area contributed by atoms with Crippen LogP contribution in [0.4, 0.5) is 0 Å². The van der Waals surface area contributed by atoms with E-state index in [1.54, 1.807) is 12.3 Å². The molecular weight excluding hydrogens is 220 g/mol. The molecule has 0 aromatic carbocycles. The Hall–Kier alpha value is -1.16. The minimum atomic E-state index is -0.125. The highest BCUT2D eigenvalue weighted by Gasteiger charge is 2.02. The lowest BCUT2D eigenvalue weighted by Crippen LogP contribution is -2.15. The first-order valence-electron chi connectivity index (χ1n) is 5.70. The Balaban J connectivity index is 2.10. The van der Waals surface area contributed by atoms with Crippen LogP contribution >= 0.6 is 11.3 Å². The van der Waals surface area contributed by atoms with Gasteiger partial charge in [-0.1, -0.05) is 32.3 Å². The van der Waals surface area contributed by atoms with Crippen molar-refractivity contribution in [3.05, 3.63) is 22.4 Å². The molecule has 0 saturated heterocycles. The van der Waals surface area contributed by atoms with E-state index in [2.05, 4.69) is 17.5 Å². The van der Waals surface area contributed by atoms with Gasteiger partial charge in [0.25, 0.3) is 5.91 Å². The number of nitrogens with zero attached hydrogens (tertiary/aromatic N) is 1. The van der Waals surface area contributed by atoms with Crippen molar-refractivity contribution in [2.75, 3.05) is 0 Å². The second-order valence-corrected chi connectivity index (χ2v) is 4.53. The molecule has 0 spiro atoms. The van der Waals surface area contributed by atoms with Crippen molar-refractivity contribution in [3.63, 3.8) is 0 Å². The number of amides is 1. The largest absolute Gasteiger partial charge is 0.281 e. The van der Waals surface area contributed by atoms with Crippen LogP contribution in [0.3, 0.4) is 0 Å². The molecule has 1 N–H and O–H groups in total. The van der Waals surface area contributed by atoms with Gasteiger partial charge in [0, 0.05) is 6.21 Å². The molecule has 0 bridgehead atoms. The van der Waals surface area contributed by atoms with E-state index in [0.29, 0.717) is 4.88 Å². The van der Waals surface area contributed by atoms with E-state index >= 15 is 0 Å². The van der Waals surface area contributed by atoms with Gasteiger partial charge >= 0.3 is 0 Å². The third-order valence-electron chi connectivity index (χ3n) is 2.19. The van der Waals surface area contributed by atoms with E-state index in [1.807, 2.05) is 11.4 Å². The predicted molar refractivity (Wildman–Crippen MR) is 69.0 cm³/mol. The third-order valence-corrected chi connectivity index (χ3v) is 3.06. The molecule has 1 amide bonds. The fourth-order valence-corrected chi connectivity index (χ4v) is 1.91. The molecule has 1 aromatic rings. The van der Waals surface area contributed by atoms with Gasteiger partial charge in [0.2, 0.25) is 0 Å². The number of thiophene rings is 1. The van der Waals surface area contributed by atoms with Crippen molar-refractivity contribution in [1.82, 2.24) is 5.43 Å². The lowest BCUT2D eigenvalue weighted by Gasteiger charge is -1.96. The molecule has 0 aliphatic heterocycles. The lowest BCUT2D eigenvalue weighted by molar-refractivity contribution is 0.0959. The normalized spacial score (nSPS) is 10.8. The quantitative estimate of drug-likeness (QED) is 0.441. The molecule has 0 aliphatic rings. The first-order valence-corrected chi connectivity index (χ1v) is 6.58. The molecule has 4 heteroatoms. The van der Waals surface area contributed by atoms with E-state index in [0.717, 1.165) is 12.8 Å². The summed E-state index contributed by atoms with van der Waals surface area (Å²) in [6, 6.07) is 3.64. The van der Waals surface area contributed by atoms with Gasteiger partial charge in [-0.05, 0) is 24.3 Å². The minimum absolute atomic E-state index is 0.125. The first-order chi connectivity index (χ1) is 7.84. The fraction of sp³-hybridized carbons (Fsp3) is 0.500. The Kier molecular flexibility index (Phi) is 6.49. The van der Waals surface area contributed by atoms with Crippen LogP contribution in [-0.4, -0.2) is 12.1 Å². The van der Waals surface area contributed by atoms with Crippen molar-refractivity contribution in [1.29, 1.82) is 0 Å². The van der Waals surface area contributed by atoms with Gasteiger partial charge in [-0.15, -0.1) is 11.3 Å². The topological polar surface area (TPSA) is 41.5 Å². The smallest absolute Gasteiger partial charge is 0.266 e. The molecule has 1 aromatic heterocycles. The van der Waals surface area contributed by atoms with Gasteiger partial charge in [-0.2, -0.15) is 5.10 Å². The fourth-order valence-electron chi connectivity index (χ4n) is 1.29. The van der Waals surface area contributed by atoms with Crippen molar-refractivity contribution < 1.29 is 4.79 Å². The molecule has 0 radical (unpaired) electrons. The maximum absolute atomic E-state index is 11.4. The van der Waals surface area contributed by atoms with E-state index in [-0.39, 0.29) is 5.91 Å². The van der Waals surface area contributed by atoms with Crippen LogP contribution in [0.15, 0.2) is 22.6 Å². The Morgan fingerprint density at radius 3 is 3.06 bits per heavy atom. The summed E-state index contributed by atoms with van der Waals surface area (Å²) in [6.07, 6.45) is 7.61. The molecule has 1 rings (SSSR count). The van der Waals surface area contributed by atoms with Crippen molar-refractivity contribution in [2.24, 2.45) is 5.10 Å². The molecule has 0 unspecified atom stereocenters. The van der Waals surface area contributed by atoms with E-state index in [1.165, 1.54) is 30.6 Å². The highest BCUT2D eigenvalue weighted by molar-refractivity contribution is 7.12. The second kappa shape index (κ2) is 8.05. The maximum Gasteiger partial charge on any atom is 0.281 e. The average molecular weight is 238 g/mol. The Morgan fingerprint density at radius 1 is 1.50 bits per heavy atom. The summed E-state index contributed by atoms with van der Waals surface area (Å²) in [4.78, 5) is 12.1. The molecule has 88 valence electrons. The Labute approximate surface area is 101 Å². The standard InChI is InChI=1S/C12H18N2OS/c1-2-3-4-5-6-9-13-14-12(15)11-8-7-10-16-11/h7-10H,2-6H2,1H3,(H,14,15)/b13-9+. The Bertz CT molecular complexity index is 320. The zero-order valence-electron chi connectivity index (χ0n) is 9.61. The van der Waals surface area contributed by atoms with E-state index in [4.69, 9.17) is 0 Å². The highest BCUT2D eigenvalue weighted by Crippen LogP contribution is 2.07. The van der Waals surface area contributed by atoms with Gasteiger partial charge in [0.05, 0.1) is 4.88 Å². The molecule has 0 fully saturated rings. The average Bonchev–Trinajstić information content (AvgIpc) is 2.81. The zero-order valence-corrected chi connectivity index (χ0v) is 10.4. The highest BCUT2D eigenvalue weighted by atomic mass is 32.1. The van der Waals surface area contributed by atoms with Gasteiger partial charge < -0.3 is 0 Å². The molecular formula is C12H18N2OS. The molecule has 0 saturated carbocycles. The van der Waals surface area contributed by atoms with Crippen molar-refractivity contribution in [2.45, 2.75) is 39.0 Å². The summed E-state index contributed by atoms with van der Waals surface area (Å²) in [7, 11) is 0. The summed E-state index contributed by atoms with van der Waals surface area (Å²) in [5, 5.41) is 5.79. The molecule has 1 heterocycles. The Morgan fingerprint density at radius 2 is 2.38 bits per heavy atom. The number of unbranched alkanes of at least 4 members (excludes halogenated alkanes) is 4. The monoisotopic (exact) mass is 238 g/mol.